The Bertz CT molecular complexity index is 3260. The third kappa shape index (κ3) is 4.60. The number of para-hydroxylation sites is 1. The van der Waals surface area contributed by atoms with E-state index in [0.29, 0.717) is 0 Å². The van der Waals surface area contributed by atoms with Crippen LogP contribution in [0.15, 0.2) is 174 Å². The molecule has 256 valence electrons. The molecule has 0 spiro atoms. The van der Waals surface area contributed by atoms with Crippen LogP contribution in [-0.2, 0) is 6.42 Å². The summed E-state index contributed by atoms with van der Waals surface area (Å²) in [6.07, 6.45) is 10.9. The molecule has 12 rings (SSSR count). The van der Waals surface area contributed by atoms with Crippen molar-refractivity contribution in [3.63, 3.8) is 0 Å². The van der Waals surface area contributed by atoms with E-state index in [9.17, 15) is 0 Å². The van der Waals surface area contributed by atoms with Crippen LogP contribution in [0.5, 0.6) is 0 Å². The van der Waals surface area contributed by atoms with Crippen molar-refractivity contribution < 1.29 is 4.42 Å². The first-order valence-corrected chi connectivity index (χ1v) is 19.3. The molecule has 10 aromatic rings. The van der Waals surface area contributed by atoms with Crippen LogP contribution < -0.4 is 0 Å². The van der Waals surface area contributed by atoms with Crippen molar-refractivity contribution in [2.75, 3.05) is 0 Å². The van der Waals surface area contributed by atoms with Gasteiger partial charge in [-0.2, -0.15) is 0 Å². The first kappa shape index (κ1) is 30.5. The Morgan fingerprint density at radius 2 is 0.982 bits per heavy atom. The van der Waals surface area contributed by atoms with Crippen LogP contribution in [0.4, 0.5) is 0 Å². The van der Waals surface area contributed by atoms with Gasteiger partial charge in [-0.05, 0) is 137 Å². The average molecular weight is 699 g/mol. The lowest BCUT2D eigenvalue weighted by Crippen LogP contribution is -1.92. The molecule has 0 aliphatic heterocycles. The molecule has 0 saturated carbocycles. The summed E-state index contributed by atoms with van der Waals surface area (Å²) in [5.74, 6) is 0. The lowest BCUT2D eigenvalue weighted by atomic mass is 9.85. The van der Waals surface area contributed by atoms with Gasteiger partial charge in [0.05, 0.1) is 0 Å². The van der Waals surface area contributed by atoms with E-state index in [1.807, 2.05) is 0 Å². The fraction of sp³-hybridized carbons (Fsp3) is 0.0370. The average Bonchev–Trinajstić information content (AvgIpc) is 3.71. The molecule has 1 nitrogen and oxygen atoms in total. The number of hydrogen-bond acceptors (Lipinski definition) is 1. The molecule has 0 bridgehead atoms. The predicted molar refractivity (Wildman–Crippen MR) is 233 cm³/mol. The summed E-state index contributed by atoms with van der Waals surface area (Å²) < 4.78 is 6.58. The van der Waals surface area contributed by atoms with Crippen molar-refractivity contribution in [1.82, 2.24) is 0 Å². The number of benzene rings is 9. The van der Waals surface area contributed by atoms with E-state index in [1.54, 1.807) is 0 Å². The van der Waals surface area contributed by atoms with E-state index in [-0.39, 0.29) is 0 Å². The highest BCUT2D eigenvalue weighted by Gasteiger charge is 2.27. The van der Waals surface area contributed by atoms with Crippen LogP contribution in [0.1, 0.15) is 28.7 Å². The van der Waals surface area contributed by atoms with Gasteiger partial charge >= 0.3 is 0 Å². The van der Waals surface area contributed by atoms with Gasteiger partial charge in [-0.3, -0.25) is 0 Å². The van der Waals surface area contributed by atoms with Crippen molar-refractivity contribution in [2.45, 2.75) is 12.8 Å². The normalized spacial score (nSPS) is 13.2. The third-order valence-electron chi connectivity index (χ3n) is 12.0. The lowest BCUT2D eigenvalue weighted by Gasteiger charge is -2.19. The van der Waals surface area contributed by atoms with E-state index in [1.165, 1.54) is 104 Å². The standard InChI is InChI=1S/C54H34O/c1-2-12-33-22-26-39(29-34(33)13-3-1)51-43-17-6-8-19-45(43)52(46-20-9-7-18-44(46)51)40-27-24-35-28-38(25-23-36(35)30-40)47-32-49-42-16-10-11-21-50(42)55-54(49)53-41-15-5-4-14-37(41)31-48(47)53/h2-30,32H,1,31H2. The Morgan fingerprint density at radius 3 is 1.73 bits per heavy atom. The van der Waals surface area contributed by atoms with Crippen molar-refractivity contribution in [2.24, 2.45) is 0 Å². The Balaban J connectivity index is 1.03. The molecule has 0 unspecified atom stereocenters. The summed E-state index contributed by atoms with van der Waals surface area (Å²) in [5, 5.41) is 9.91. The number of hydrogen-bond donors (Lipinski definition) is 0. The fourth-order valence-corrected chi connectivity index (χ4v) is 9.55. The van der Waals surface area contributed by atoms with Crippen molar-refractivity contribution in [3.8, 4) is 44.5 Å². The molecular weight excluding hydrogens is 665 g/mol. The molecule has 2 aliphatic carbocycles. The first-order valence-electron chi connectivity index (χ1n) is 19.3. The van der Waals surface area contributed by atoms with Crippen LogP contribution in [-0.4, -0.2) is 0 Å². The summed E-state index contributed by atoms with van der Waals surface area (Å²) in [5.41, 5.74) is 17.3. The molecule has 1 heterocycles. The van der Waals surface area contributed by atoms with Crippen molar-refractivity contribution >= 4 is 66.4 Å². The largest absolute Gasteiger partial charge is 0.455 e. The van der Waals surface area contributed by atoms with Gasteiger partial charge in [-0.1, -0.05) is 152 Å². The van der Waals surface area contributed by atoms with Crippen molar-refractivity contribution in [3.05, 3.63) is 192 Å². The minimum Gasteiger partial charge on any atom is -0.455 e. The summed E-state index contributed by atoms with van der Waals surface area (Å²) in [6, 6.07) is 58.5. The molecule has 0 amide bonds. The SMILES string of the molecule is C1=Cc2ccc(-c3c4ccccc4c(-c4ccc5cc(-c6cc7c(oc8ccccc87)c7c6Cc6ccccc6-7)ccc5c4)c4ccccc34)cc2C=CC1. The highest BCUT2D eigenvalue weighted by atomic mass is 16.3. The summed E-state index contributed by atoms with van der Waals surface area (Å²) in [6.45, 7) is 0. The molecule has 0 atom stereocenters. The summed E-state index contributed by atoms with van der Waals surface area (Å²) >= 11 is 0. The van der Waals surface area contributed by atoms with E-state index in [2.05, 4.69) is 182 Å². The molecule has 0 radical (unpaired) electrons. The van der Waals surface area contributed by atoms with Gasteiger partial charge in [-0.25, -0.2) is 0 Å². The summed E-state index contributed by atoms with van der Waals surface area (Å²) in [4.78, 5) is 0. The second-order valence-electron chi connectivity index (χ2n) is 15.1. The van der Waals surface area contributed by atoms with Crippen molar-refractivity contribution in [1.29, 1.82) is 0 Å². The Hall–Kier alpha value is -6.96. The molecule has 0 saturated heterocycles. The second-order valence-corrected chi connectivity index (χ2v) is 15.1. The molecular formula is C54H34O. The van der Waals surface area contributed by atoms with Crippen LogP contribution >= 0.6 is 0 Å². The minimum atomic E-state index is 0.903. The number of rotatable bonds is 3. The zero-order valence-corrected chi connectivity index (χ0v) is 30.1. The quantitative estimate of drug-likeness (QED) is 0.167. The van der Waals surface area contributed by atoms with Gasteiger partial charge in [0, 0.05) is 16.3 Å². The topological polar surface area (TPSA) is 13.1 Å². The third-order valence-corrected chi connectivity index (χ3v) is 12.0. The van der Waals surface area contributed by atoms with E-state index in [4.69, 9.17) is 4.42 Å². The number of allylic oxidation sites excluding steroid dienone is 2. The number of furan rings is 1. The molecule has 0 fully saturated rings. The predicted octanol–water partition coefficient (Wildman–Crippen LogP) is 15.0. The minimum absolute atomic E-state index is 0.903. The Labute approximate surface area is 319 Å². The van der Waals surface area contributed by atoms with Gasteiger partial charge < -0.3 is 4.42 Å². The smallest absolute Gasteiger partial charge is 0.143 e. The molecule has 55 heavy (non-hydrogen) atoms. The van der Waals surface area contributed by atoms with Gasteiger partial charge in [0.15, 0.2) is 0 Å². The number of fused-ring (bicyclic) bond motifs is 11. The highest BCUT2D eigenvalue weighted by molar-refractivity contribution is 6.22. The molecule has 1 heteroatoms. The van der Waals surface area contributed by atoms with Gasteiger partial charge in [0.2, 0.25) is 0 Å². The molecule has 1 aromatic heterocycles. The van der Waals surface area contributed by atoms with E-state index >= 15 is 0 Å². The summed E-state index contributed by atoms with van der Waals surface area (Å²) in [7, 11) is 0. The monoisotopic (exact) mass is 698 g/mol. The highest BCUT2D eigenvalue weighted by Crippen LogP contribution is 2.49. The van der Waals surface area contributed by atoms with Crippen LogP contribution in [0.25, 0.3) is 111 Å². The van der Waals surface area contributed by atoms with E-state index in [0.717, 1.165) is 29.4 Å². The van der Waals surface area contributed by atoms with Crippen LogP contribution in [0.3, 0.4) is 0 Å². The second kappa shape index (κ2) is 11.8. The Kier molecular flexibility index (Phi) is 6.53. The molecule has 9 aromatic carbocycles. The van der Waals surface area contributed by atoms with Gasteiger partial charge in [-0.15, -0.1) is 0 Å². The lowest BCUT2D eigenvalue weighted by molar-refractivity contribution is 0.670. The maximum atomic E-state index is 6.58. The zero-order chi connectivity index (χ0) is 36.0. The molecule has 2 aliphatic rings. The van der Waals surface area contributed by atoms with Crippen LogP contribution in [0.2, 0.25) is 0 Å². The maximum Gasteiger partial charge on any atom is 0.143 e. The first-order chi connectivity index (χ1) is 27.3. The maximum absolute atomic E-state index is 6.58. The van der Waals surface area contributed by atoms with Gasteiger partial charge in [0.25, 0.3) is 0 Å². The molecule has 0 N–H and O–H groups in total. The van der Waals surface area contributed by atoms with Crippen LogP contribution in [0, 0.1) is 0 Å². The zero-order valence-electron chi connectivity index (χ0n) is 30.1. The van der Waals surface area contributed by atoms with E-state index < -0.39 is 0 Å². The Morgan fingerprint density at radius 1 is 0.400 bits per heavy atom. The van der Waals surface area contributed by atoms with Gasteiger partial charge in [0.1, 0.15) is 11.2 Å². The fourth-order valence-electron chi connectivity index (χ4n) is 9.55.